The molecule has 6 rings (SSSR count). The maximum Gasteiger partial charge on any atom is 0.168 e. The summed E-state index contributed by atoms with van der Waals surface area (Å²) >= 11 is 0. The van der Waals surface area contributed by atoms with Crippen LogP contribution in [0.2, 0.25) is 0 Å². The van der Waals surface area contributed by atoms with Gasteiger partial charge in [-0.2, -0.15) is 0 Å². The summed E-state index contributed by atoms with van der Waals surface area (Å²) in [5.74, 6) is 1.93. The highest BCUT2D eigenvalue weighted by Crippen LogP contribution is 2.28. The van der Waals surface area contributed by atoms with E-state index in [1.54, 1.807) is 0 Å². The molecule has 0 radical (unpaired) electrons. The molecule has 8 heteroatoms. The molecule has 8 nitrogen and oxygen atoms in total. The normalized spacial score (nSPS) is 12.3. The van der Waals surface area contributed by atoms with E-state index in [2.05, 4.69) is 36.0 Å². The molecular weight excluding hydrogens is 402 g/mol. The zero-order chi connectivity index (χ0) is 21.9. The van der Waals surface area contributed by atoms with Crippen LogP contribution in [0.4, 0.5) is 0 Å². The van der Waals surface area contributed by atoms with Crippen LogP contribution in [0.15, 0.2) is 54.9 Å². The second-order valence-electron chi connectivity index (χ2n) is 8.52. The second-order valence-corrected chi connectivity index (χ2v) is 8.52. The minimum Gasteiger partial charge on any atom is -0.486 e. The number of nitrogens with one attached hydrogen (secondary N) is 2. The van der Waals surface area contributed by atoms with Gasteiger partial charge < -0.3 is 20.4 Å². The maximum absolute atomic E-state index is 6.14. The molecule has 4 N–H and O–H groups in total. The first kappa shape index (κ1) is 18.7. The Morgan fingerprint density at radius 2 is 1.56 bits per heavy atom. The number of rotatable bonds is 4. The van der Waals surface area contributed by atoms with Crippen molar-refractivity contribution in [1.82, 2.24) is 29.9 Å². The predicted molar refractivity (Wildman–Crippen MR) is 124 cm³/mol. The van der Waals surface area contributed by atoms with E-state index in [9.17, 15) is 0 Å². The van der Waals surface area contributed by atoms with E-state index in [0.717, 1.165) is 49.6 Å². The van der Waals surface area contributed by atoms with Gasteiger partial charge in [0.15, 0.2) is 5.82 Å². The molecule has 2 aromatic carbocycles. The fraction of sp³-hybridized carbons (Fsp3) is 0.167. The SMILES string of the molecule is CC(C)(N)c1ncc2c(n1)[nH]c1cc(OCc3ncc4c(n3)[nH]c3ccccc34)ccc12. The lowest BCUT2D eigenvalue weighted by atomic mass is 10.1. The molecular formula is C24H21N7O. The van der Waals surface area contributed by atoms with Crippen LogP contribution >= 0.6 is 0 Å². The van der Waals surface area contributed by atoms with E-state index in [1.165, 1.54) is 0 Å². The zero-order valence-electron chi connectivity index (χ0n) is 17.7. The summed E-state index contributed by atoms with van der Waals surface area (Å²) < 4.78 is 5.98. The van der Waals surface area contributed by atoms with Gasteiger partial charge in [-0.15, -0.1) is 0 Å². The number of hydrogen-bond donors (Lipinski definition) is 3. The first-order valence-corrected chi connectivity index (χ1v) is 10.4. The molecule has 0 unspecified atom stereocenters. The summed E-state index contributed by atoms with van der Waals surface area (Å²) in [6.45, 7) is 4.04. The van der Waals surface area contributed by atoms with Crippen LogP contribution in [-0.4, -0.2) is 29.9 Å². The zero-order valence-corrected chi connectivity index (χ0v) is 17.7. The molecule has 0 saturated carbocycles. The van der Waals surface area contributed by atoms with E-state index in [4.69, 9.17) is 10.5 Å². The fourth-order valence-corrected chi connectivity index (χ4v) is 3.95. The second kappa shape index (κ2) is 6.73. The summed E-state index contributed by atoms with van der Waals surface area (Å²) in [5, 5.41) is 4.10. The van der Waals surface area contributed by atoms with Crippen molar-refractivity contribution in [2.24, 2.45) is 5.73 Å². The van der Waals surface area contributed by atoms with E-state index in [1.807, 2.05) is 62.6 Å². The smallest absolute Gasteiger partial charge is 0.168 e. The third-order valence-electron chi connectivity index (χ3n) is 5.58. The summed E-state index contributed by atoms with van der Waals surface area (Å²) in [5.41, 5.74) is 9.07. The first-order chi connectivity index (χ1) is 15.5. The Hall–Kier alpha value is -4.04. The third-order valence-corrected chi connectivity index (χ3v) is 5.58. The number of para-hydroxylation sites is 1. The number of ether oxygens (including phenoxy) is 1. The average Bonchev–Trinajstić information content (AvgIpc) is 3.33. The summed E-state index contributed by atoms with van der Waals surface area (Å²) in [6, 6.07) is 14.0. The molecule has 0 bridgehead atoms. The van der Waals surface area contributed by atoms with Gasteiger partial charge >= 0.3 is 0 Å². The molecule has 4 aromatic heterocycles. The summed E-state index contributed by atoms with van der Waals surface area (Å²) in [4.78, 5) is 24.8. The minimum absolute atomic E-state index is 0.266. The molecule has 158 valence electrons. The first-order valence-electron chi connectivity index (χ1n) is 10.4. The van der Waals surface area contributed by atoms with Gasteiger partial charge in [0.25, 0.3) is 0 Å². The number of fused-ring (bicyclic) bond motifs is 6. The van der Waals surface area contributed by atoms with Crippen molar-refractivity contribution < 1.29 is 4.74 Å². The summed E-state index contributed by atoms with van der Waals surface area (Å²) in [7, 11) is 0. The van der Waals surface area contributed by atoms with E-state index in [-0.39, 0.29) is 6.61 Å². The number of benzene rings is 2. The molecule has 0 fully saturated rings. The van der Waals surface area contributed by atoms with Crippen molar-refractivity contribution in [2.45, 2.75) is 26.0 Å². The third kappa shape index (κ3) is 3.04. The Balaban J connectivity index is 1.29. The van der Waals surface area contributed by atoms with E-state index in [0.29, 0.717) is 11.6 Å². The fourth-order valence-electron chi connectivity index (χ4n) is 3.95. The van der Waals surface area contributed by atoms with Crippen LogP contribution in [0.5, 0.6) is 5.75 Å². The molecule has 0 saturated heterocycles. The van der Waals surface area contributed by atoms with Gasteiger partial charge in [-0.05, 0) is 32.0 Å². The monoisotopic (exact) mass is 423 g/mol. The molecule has 6 aromatic rings. The van der Waals surface area contributed by atoms with Gasteiger partial charge in [-0.25, -0.2) is 19.9 Å². The van der Waals surface area contributed by atoms with Gasteiger partial charge in [0, 0.05) is 45.5 Å². The Morgan fingerprint density at radius 1 is 0.844 bits per heavy atom. The highest BCUT2D eigenvalue weighted by Gasteiger charge is 2.19. The van der Waals surface area contributed by atoms with Crippen molar-refractivity contribution in [3.05, 3.63) is 66.5 Å². The standard InChI is InChI=1S/C24H21N7O/c1-24(2,25)23-27-11-17-15-8-7-13(9-19(15)29-22(17)31-23)32-12-20-26-10-16-14-5-3-4-6-18(14)28-21(16)30-20/h3-11H,12,25H2,1-2H3,(H,26,28,30)(H,27,29,31). The lowest BCUT2D eigenvalue weighted by molar-refractivity contribution is 0.296. The van der Waals surface area contributed by atoms with Gasteiger partial charge in [0.05, 0.1) is 11.1 Å². The predicted octanol–water partition coefficient (Wildman–Crippen LogP) is 4.31. The van der Waals surface area contributed by atoms with Crippen molar-refractivity contribution in [3.8, 4) is 5.75 Å². The number of nitrogens with zero attached hydrogens (tertiary/aromatic N) is 4. The quantitative estimate of drug-likeness (QED) is 0.389. The topological polar surface area (TPSA) is 118 Å². The van der Waals surface area contributed by atoms with E-state index < -0.39 is 5.54 Å². The number of nitrogens with two attached hydrogens (primary N) is 1. The molecule has 32 heavy (non-hydrogen) atoms. The lowest BCUT2D eigenvalue weighted by Gasteiger charge is -2.15. The van der Waals surface area contributed by atoms with Crippen LogP contribution in [0, 0.1) is 0 Å². The van der Waals surface area contributed by atoms with Gasteiger partial charge in [0.1, 0.15) is 29.5 Å². The summed E-state index contributed by atoms with van der Waals surface area (Å²) in [6.07, 6.45) is 3.66. The van der Waals surface area contributed by atoms with Crippen molar-refractivity contribution in [1.29, 1.82) is 0 Å². The van der Waals surface area contributed by atoms with Crippen molar-refractivity contribution in [2.75, 3.05) is 0 Å². The van der Waals surface area contributed by atoms with Gasteiger partial charge in [0.2, 0.25) is 0 Å². The molecule has 0 atom stereocenters. The Kier molecular flexibility index (Phi) is 3.93. The average molecular weight is 423 g/mol. The highest BCUT2D eigenvalue weighted by molar-refractivity contribution is 6.06. The Morgan fingerprint density at radius 3 is 2.41 bits per heavy atom. The largest absolute Gasteiger partial charge is 0.486 e. The van der Waals surface area contributed by atoms with Crippen LogP contribution in [0.3, 0.4) is 0 Å². The Labute approximate surface area is 182 Å². The molecule has 0 aliphatic heterocycles. The molecule has 0 aliphatic rings. The Bertz CT molecular complexity index is 1620. The van der Waals surface area contributed by atoms with Crippen LogP contribution in [0.1, 0.15) is 25.5 Å². The van der Waals surface area contributed by atoms with Gasteiger partial charge in [-0.3, -0.25) is 0 Å². The van der Waals surface area contributed by atoms with Crippen molar-refractivity contribution >= 4 is 43.9 Å². The molecule has 0 aliphatic carbocycles. The van der Waals surface area contributed by atoms with E-state index >= 15 is 0 Å². The number of aromatic amines is 2. The lowest BCUT2D eigenvalue weighted by Crippen LogP contribution is -2.31. The molecule has 0 spiro atoms. The molecule has 4 heterocycles. The number of aromatic nitrogens is 6. The highest BCUT2D eigenvalue weighted by atomic mass is 16.5. The van der Waals surface area contributed by atoms with Gasteiger partial charge in [-0.1, -0.05) is 18.2 Å². The van der Waals surface area contributed by atoms with Crippen LogP contribution in [-0.2, 0) is 12.1 Å². The minimum atomic E-state index is -0.605. The maximum atomic E-state index is 6.14. The number of H-pyrrole nitrogens is 2. The van der Waals surface area contributed by atoms with Crippen LogP contribution in [0.25, 0.3) is 43.9 Å². The van der Waals surface area contributed by atoms with Crippen LogP contribution < -0.4 is 10.5 Å². The number of hydrogen-bond acceptors (Lipinski definition) is 6. The molecule has 0 amide bonds. The van der Waals surface area contributed by atoms with Crippen molar-refractivity contribution in [3.63, 3.8) is 0 Å².